The monoisotopic (exact) mass is 241 g/mol. The number of thiophene rings is 1. The Morgan fingerprint density at radius 3 is 3.13 bits per heavy atom. The molecular weight excluding hydrogens is 230 g/mol. The molecule has 3 nitrogen and oxygen atoms in total. The molecule has 0 fully saturated rings. The normalized spacial score (nSPS) is 14.4. The lowest BCUT2D eigenvalue weighted by atomic mass is 10.1. The molecule has 0 saturated carbocycles. The SMILES string of the molecule is Cl.c1csc(-c2n[nH]c3c2CNCC3)c1. The average molecular weight is 242 g/mol. The van der Waals surface area contributed by atoms with Crippen molar-refractivity contribution in [2.24, 2.45) is 0 Å². The van der Waals surface area contributed by atoms with Crippen molar-refractivity contribution in [1.29, 1.82) is 0 Å². The number of H-pyrrole nitrogens is 1. The van der Waals surface area contributed by atoms with Gasteiger partial charge >= 0.3 is 0 Å². The molecule has 2 aromatic heterocycles. The first-order valence-electron chi connectivity index (χ1n) is 4.76. The Kier molecular flexibility index (Phi) is 3.09. The number of rotatable bonds is 1. The van der Waals surface area contributed by atoms with Crippen molar-refractivity contribution in [3.8, 4) is 10.6 Å². The fraction of sp³-hybridized carbons (Fsp3) is 0.300. The molecule has 0 amide bonds. The first kappa shape index (κ1) is 10.7. The van der Waals surface area contributed by atoms with Gasteiger partial charge in [0, 0.05) is 30.8 Å². The molecule has 0 bridgehead atoms. The summed E-state index contributed by atoms with van der Waals surface area (Å²) in [7, 11) is 0. The smallest absolute Gasteiger partial charge is 0.107 e. The molecule has 0 aliphatic carbocycles. The molecule has 3 heterocycles. The van der Waals surface area contributed by atoms with Gasteiger partial charge in [-0.25, -0.2) is 0 Å². The Hall–Kier alpha value is -0.840. The highest BCUT2D eigenvalue weighted by Gasteiger charge is 2.17. The number of aromatic amines is 1. The summed E-state index contributed by atoms with van der Waals surface area (Å²) in [6, 6.07) is 4.19. The van der Waals surface area contributed by atoms with Crippen LogP contribution in [0.25, 0.3) is 10.6 Å². The van der Waals surface area contributed by atoms with Gasteiger partial charge in [-0.3, -0.25) is 5.10 Å². The number of fused-ring (bicyclic) bond motifs is 1. The average Bonchev–Trinajstić information content (AvgIpc) is 2.85. The maximum absolute atomic E-state index is 4.39. The van der Waals surface area contributed by atoms with E-state index in [1.165, 1.54) is 16.1 Å². The molecule has 15 heavy (non-hydrogen) atoms. The van der Waals surface area contributed by atoms with Crippen LogP contribution in [0.3, 0.4) is 0 Å². The van der Waals surface area contributed by atoms with Crippen LogP contribution in [0.1, 0.15) is 11.3 Å². The summed E-state index contributed by atoms with van der Waals surface area (Å²) in [6.07, 6.45) is 1.06. The summed E-state index contributed by atoms with van der Waals surface area (Å²) in [6.45, 7) is 2.00. The van der Waals surface area contributed by atoms with Crippen LogP contribution in [0.2, 0.25) is 0 Å². The second-order valence-corrected chi connectivity index (χ2v) is 4.38. The number of hydrogen-bond donors (Lipinski definition) is 2. The Balaban J connectivity index is 0.000000853. The zero-order chi connectivity index (χ0) is 9.38. The molecule has 1 aliphatic heterocycles. The highest BCUT2D eigenvalue weighted by atomic mass is 35.5. The van der Waals surface area contributed by atoms with Crippen LogP contribution in [0, 0.1) is 0 Å². The predicted molar refractivity (Wildman–Crippen MR) is 64.6 cm³/mol. The predicted octanol–water partition coefficient (Wildman–Crippen LogP) is 2.21. The topological polar surface area (TPSA) is 40.7 Å². The third kappa shape index (κ3) is 1.80. The zero-order valence-electron chi connectivity index (χ0n) is 8.12. The molecule has 1 aliphatic rings. The van der Waals surface area contributed by atoms with Gasteiger partial charge in [0.15, 0.2) is 0 Å². The Labute approximate surface area is 98.3 Å². The van der Waals surface area contributed by atoms with E-state index in [0.29, 0.717) is 0 Å². The van der Waals surface area contributed by atoms with Crippen LogP contribution in [0.4, 0.5) is 0 Å². The van der Waals surface area contributed by atoms with E-state index in [2.05, 4.69) is 33.0 Å². The number of aromatic nitrogens is 2. The lowest BCUT2D eigenvalue weighted by molar-refractivity contribution is 0.637. The third-order valence-corrected chi connectivity index (χ3v) is 3.44. The lowest BCUT2D eigenvalue weighted by Crippen LogP contribution is -2.23. The minimum atomic E-state index is 0. The highest BCUT2D eigenvalue weighted by molar-refractivity contribution is 7.13. The molecule has 0 spiro atoms. The van der Waals surface area contributed by atoms with Crippen molar-refractivity contribution in [1.82, 2.24) is 15.5 Å². The minimum absolute atomic E-state index is 0. The molecule has 2 N–H and O–H groups in total. The van der Waals surface area contributed by atoms with Crippen molar-refractivity contribution in [3.63, 3.8) is 0 Å². The van der Waals surface area contributed by atoms with Crippen molar-refractivity contribution in [3.05, 3.63) is 28.8 Å². The fourth-order valence-corrected chi connectivity index (χ4v) is 2.58. The van der Waals surface area contributed by atoms with Gasteiger partial charge in [0.05, 0.1) is 4.88 Å². The van der Waals surface area contributed by atoms with E-state index in [4.69, 9.17) is 0 Å². The van der Waals surface area contributed by atoms with Crippen LogP contribution in [0.15, 0.2) is 17.5 Å². The van der Waals surface area contributed by atoms with Gasteiger partial charge in [-0.1, -0.05) is 6.07 Å². The second-order valence-electron chi connectivity index (χ2n) is 3.43. The van der Waals surface area contributed by atoms with Crippen molar-refractivity contribution >= 4 is 23.7 Å². The summed E-state index contributed by atoms with van der Waals surface area (Å²) in [5.74, 6) is 0. The quantitative estimate of drug-likeness (QED) is 0.804. The van der Waals surface area contributed by atoms with Crippen LogP contribution < -0.4 is 5.32 Å². The van der Waals surface area contributed by atoms with Crippen molar-refractivity contribution in [2.75, 3.05) is 6.54 Å². The number of nitrogens with zero attached hydrogens (tertiary/aromatic N) is 1. The third-order valence-electron chi connectivity index (χ3n) is 2.56. The zero-order valence-corrected chi connectivity index (χ0v) is 9.75. The van der Waals surface area contributed by atoms with Gasteiger partial charge in [0.25, 0.3) is 0 Å². The van der Waals surface area contributed by atoms with Crippen LogP contribution in [-0.4, -0.2) is 16.7 Å². The molecular formula is C10H12ClN3S. The summed E-state index contributed by atoms with van der Waals surface area (Å²) in [5.41, 5.74) is 3.77. The minimum Gasteiger partial charge on any atom is -0.312 e. The molecule has 0 aromatic carbocycles. The van der Waals surface area contributed by atoms with Crippen molar-refractivity contribution in [2.45, 2.75) is 13.0 Å². The summed E-state index contributed by atoms with van der Waals surface area (Å²) in [5, 5.41) is 13.0. The molecule has 5 heteroatoms. The van der Waals surface area contributed by atoms with E-state index in [0.717, 1.165) is 25.2 Å². The van der Waals surface area contributed by atoms with Crippen LogP contribution in [-0.2, 0) is 13.0 Å². The summed E-state index contributed by atoms with van der Waals surface area (Å²) < 4.78 is 0. The highest BCUT2D eigenvalue weighted by Crippen LogP contribution is 2.28. The molecule has 3 rings (SSSR count). The van der Waals surface area contributed by atoms with Gasteiger partial charge in [-0.2, -0.15) is 5.10 Å². The number of hydrogen-bond acceptors (Lipinski definition) is 3. The standard InChI is InChI=1S/C10H11N3S.ClH/c1-2-9(14-5-1)10-7-6-11-4-3-8(7)12-13-10;/h1-2,5,11H,3-4,6H2,(H,12,13);1H. The van der Waals surface area contributed by atoms with Gasteiger partial charge in [-0.15, -0.1) is 23.7 Å². The lowest BCUT2D eigenvalue weighted by Gasteiger charge is -2.12. The molecule has 0 atom stereocenters. The second kappa shape index (κ2) is 4.35. The van der Waals surface area contributed by atoms with E-state index < -0.39 is 0 Å². The Morgan fingerprint density at radius 1 is 1.40 bits per heavy atom. The first-order chi connectivity index (χ1) is 6.95. The molecule has 0 unspecified atom stereocenters. The first-order valence-corrected chi connectivity index (χ1v) is 5.64. The van der Waals surface area contributed by atoms with E-state index >= 15 is 0 Å². The number of nitrogens with one attached hydrogen (secondary N) is 2. The van der Waals surface area contributed by atoms with E-state index in [1.807, 2.05) is 0 Å². The van der Waals surface area contributed by atoms with Gasteiger partial charge in [-0.05, 0) is 11.4 Å². The van der Waals surface area contributed by atoms with Gasteiger partial charge < -0.3 is 5.32 Å². The molecule has 0 saturated heterocycles. The largest absolute Gasteiger partial charge is 0.312 e. The van der Waals surface area contributed by atoms with E-state index in [-0.39, 0.29) is 12.4 Å². The summed E-state index contributed by atoms with van der Waals surface area (Å²) >= 11 is 1.74. The molecule has 2 aromatic rings. The molecule has 0 radical (unpaired) electrons. The van der Waals surface area contributed by atoms with E-state index in [1.54, 1.807) is 11.3 Å². The maximum Gasteiger partial charge on any atom is 0.107 e. The Morgan fingerprint density at radius 2 is 2.33 bits per heavy atom. The van der Waals surface area contributed by atoms with Crippen LogP contribution in [0.5, 0.6) is 0 Å². The fourth-order valence-electron chi connectivity index (χ4n) is 1.84. The van der Waals surface area contributed by atoms with Crippen LogP contribution >= 0.6 is 23.7 Å². The van der Waals surface area contributed by atoms with E-state index in [9.17, 15) is 0 Å². The van der Waals surface area contributed by atoms with Gasteiger partial charge in [0.2, 0.25) is 0 Å². The Bertz CT molecular complexity index is 435. The number of halogens is 1. The summed E-state index contributed by atoms with van der Waals surface area (Å²) in [4.78, 5) is 1.26. The van der Waals surface area contributed by atoms with Crippen molar-refractivity contribution < 1.29 is 0 Å². The molecule has 80 valence electrons. The maximum atomic E-state index is 4.39. The van der Waals surface area contributed by atoms with Gasteiger partial charge in [0.1, 0.15) is 5.69 Å².